The van der Waals surface area contributed by atoms with Gasteiger partial charge in [0.1, 0.15) is 6.04 Å². The van der Waals surface area contributed by atoms with E-state index in [0.717, 1.165) is 44.8 Å². The standard InChI is InChI=1S/C25H40N6O3/c1-6-18(4)33-15-31-10-9-30(13-17(31)3)14-20-11-16(2)12-21(19(20)5)27-25-29-28-24(34-25)23-22(32)7-8-26-23/h11-12,17-18,22-23,26,32H,6-10,13-15H2,1-5H3,(H,27,29)/t17-,18+,22+,23-/m0/s1. The Morgan fingerprint density at radius 2 is 2.12 bits per heavy atom. The number of aryl methyl sites for hydroxylation is 1. The molecule has 2 aromatic rings. The molecule has 9 heteroatoms. The first-order chi connectivity index (χ1) is 16.3. The van der Waals surface area contributed by atoms with E-state index >= 15 is 0 Å². The lowest BCUT2D eigenvalue weighted by Gasteiger charge is -2.40. The Kier molecular flexibility index (Phi) is 8.21. The van der Waals surface area contributed by atoms with Crippen LogP contribution in [0.15, 0.2) is 16.5 Å². The topological polar surface area (TPSA) is 98.9 Å². The molecule has 1 aromatic heterocycles. The summed E-state index contributed by atoms with van der Waals surface area (Å²) in [6.45, 7) is 16.2. The van der Waals surface area contributed by atoms with Crippen LogP contribution in [-0.2, 0) is 11.3 Å². The van der Waals surface area contributed by atoms with E-state index in [1.54, 1.807) is 0 Å². The summed E-state index contributed by atoms with van der Waals surface area (Å²) >= 11 is 0. The van der Waals surface area contributed by atoms with E-state index in [2.05, 4.69) is 77.4 Å². The Labute approximate surface area is 202 Å². The van der Waals surface area contributed by atoms with Crippen molar-refractivity contribution >= 4 is 11.7 Å². The molecule has 0 aliphatic carbocycles. The molecule has 0 bridgehead atoms. The molecule has 2 saturated heterocycles. The van der Waals surface area contributed by atoms with Gasteiger partial charge in [0.25, 0.3) is 0 Å². The largest absolute Gasteiger partial charge is 0.406 e. The summed E-state index contributed by atoms with van der Waals surface area (Å²) in [5.74, 6) is 0.419. The summed E-state index contributed by atoms with van der Waals surface area (Å²) in [4.78, 5) is 4.95. The van der Waals surface area contributed by atoms with E-state index in [4.69, 9.17) is 9.15 Å². The predicted molar refractivity (Wildman–Crippen MR) is 132 cm³/mol. The molecule has 2 fully saturated rings. The summed E-state index contributed by atoms with van der Waals surface area (Å²) in [7, 11) is 0. The Hall–Kier alpha value is -2.04. The predicted octanol–water partition coefficient (Wildman–Crippen LogP) is 3.10. The molecule has 4 atom stereocenters. The quantitative estimate of drug-likeness (QED) is 0.508. The van der Waals surface area contributed by atoms with E-state index in [-0.39, 0.29) is 6.04 Å². The van der Waals surface area contributed by atoms with Gasteiger partial charge >= 0.3 is 6.01 Å². The van der Waals surface area contributed by atoms with E-state index in [9.17, 15) is 5.11 Å². The molecule has 0 spiro atoms. The maximum absolute atomic E-state index is 10.1. The van der Waals surface area contributed by atoms with Crippen molar-refractivity contribution in [1.29, 1.82) is 0 Å². The van der Waals surface area contributed by atoms with Crippen LogP contribution >= 0.6 is 0 Å². The maximum atomic E-state index is 10.1. The van der Waals surface area contributed by atoms with Crippen LogP contribution in [0.1, 0.15) is 62.2 Å². The fourth-order valence-corrected chi connectivity index (χ4v) is 4.68. The monoisotopic (exact) mass is 472 g/mol. The number of piperazine rings is 1. The molecule has 188 valence electrons. The third kappa shape index (κ3) is 5.95. The smallest absolute Gasteiger partial charge is 0.320 e. The second kappa shape index (κ2) is 11.1. The molecule has 2 aliphatic heterocycles. The molecule has 0 radical (unpaired) electrons. The minimum atomic E-state index is -0.495. The fourth-order valence-electron chi connectivity index (χ4n) is 4.68. The van der Waals surface area contributed by atoms with Gasteiger partial charge in [0.2, 0.25) is 5.89 Å². The summed E-state index contributed by atoms with van der Waals surface area (Å²) in [5, 5.41) is 24.9. The van der Waals surface area contributed by atoms with Crippen molar-refractivity contribution in [2.75, 3.05) is 38.2 Å². The second-order valence-corrected chi connectivity index (χ2v) is 9.87. The SMILES string of the molecule is CC[C@@H](C)OCN1CCN(Cc2cc(C)cc(Nc3nnc([C@H]4NCC[C@H]4O)o3)c2C)C[C@@H]1C. The number of aromatic nitrogens is 2. The number of hydrogen-bond donors (Lipinski definition) is 3. The van der Waals surface area contributed by atoms with Gasteiger partial charge in [-0.3, -0.25) is 9.80 Å². The van der Waals surface area contributed by atoms with Crippen molar-refractivity contribution < 1.29 is 14.3 Å². The summed E-state index contributed by atoms with van der Waals surface area (Å²) in [5.41, 5.74) is 4.63. The first kappa shape index (κ1) is 25.1. The van der Waals surface area contributed by atoms with Crippen LogP contribution in [0, 0.1) is 13.8 Å². The van der Waals surface area contributed by atoms with E-state index in [1.807, 2.05) is 0 Å². The molecule has 4 rings (SSSR count). The highest BCUT2D eigenvalue weighted by molar-refractivity contribution is 5.61. The lowest BCUT2D eigenvalue weighted by Crippen LogP contribution is -2.52. The number of aliphatic hydroxyl groups is 1. The zero-order chi connectivity index (χ0) is 24.2. The second-order valence-electron chi connectivity index (χ2n) is 9.87. The van der Waals surface area contributed by atoms with Gasteiger partial charge < -0.3 is 24.9 Å². The van der Waals surface area contributed by atoms with Gasteiger partial charge in [-0.15, -0.1) is 5.10 Å². The number of hydrogen-bond acceptors (Lipinski definition) is 9. The molecule has 9 nitrogen and oxygen atoms in total. The number of benzene rings is 1. The Morgan fingerprint density at radius 1 is 1.29 bits per heavy atom. The van der Waals surface area contributed by atoms with Crippen molar-refractivity contribution in [2.45, 2.75) is 78.3 Å². The highest BCUT2D eigenvalue weighted by atomic mass is 16.5. The average molecular weight is 473 g/mol. The van der Waals surface area contributed by atoms with Gasteiger partial charge in [0.15, 0.2) is 0 Å². The van der Waals surface area contributed by atoms with E-state index < -0.39 is 6.10 Å². The lowest BCUT2D eigenvalue weighted by atomic mass is 10.0. The van der Waals surface area contributed by atoms with Crippen LogP contribution in [0.25, 0.3) is 0 Å². The number of anilines is 2. The molecule has 0 saturated carbocycles. The first-order valence-corrected chi connectivity index (χ1v) is 12.5. The van der Waals surface area contributed by atoms with Gasteiger partial charge in [0, 0.05) is 37.9 Å². The minimum absolute atomic E-state index is 0.298. The van der Waals surface area contributed by atoms with Crippen LogP contribution < -0.4 is 10.6 Å². The van der Waals surface area contributed by atoms with Gasteiger partial charge in [-0.05, 0) is 69.8 Å². The van der Waals surface area contributed by atoms with Crippen LogP contribution in [0.2, 0.25) is 0 Å². The van der Waals surface area contributed by atoms with Gasteiger partial charge in [-0.25, -0.2) is 0 Å². The van der Waals surface area contributed by atoms with Gasteiger partial charge in [-0.2, -0.15) is 0 Å². The number of nitrogens with zero attached hydrogens (tertiary/aromatic N) is 4. The Bertz CT molecular complexity index is 951. The molecule has 0 unspecified atom stereocenters. The maximum Gasteiger partial charge on any atom is 0.320 e. The highest BCUT2D eigenvalue weighted by Gasteiger charge is 2.31. The number of ether oxygens (including phenoxy) is 1. The fraction of sp³-hybridized carbons (Fsp3) is 0.680. The Balaban J connectivity index is 1.39. The van der Waals surface area contributed by atoms with E-state index in [1.165, 1.54) is 16.7 Å². The molecule has 2 aliphatic rings. The lowest BCUT2D eigenvalue weighted by molar-refractivity contribution is -0.0541. The normalized spacial score (nSPS) is 25.1. The molecule has 3 N–H and O–H groups in total. The molecular formula is C25H40N6O3. The molecule has 3 heterocycles. The summed E-state index contributed by atoms with van der Waals surface area (Å²) in [6.07, 6.45) is 1.54. The zero-order valence-electron chi connectivity index (χ0n) is 21.2. The van der Waals surface area contributed by atoms with Crippen molar-refractivity contribution in [3.63, 3.8) is 0 Å². The molecule has 34 heavy (non-hydrogen) atoms. The average Bonchev–Trinajstić information content (AvgIpc) is 3.44. The number of nitrogens with one attached hydrogen (secondary N) is 2. The van der Waals surface area contributed by atoms with Crippen molar-refractivity contribution in [3.05, 3.63) is 34.7 Å². The Morgan fingerprint density at radius 3 is 2.82 bits per heavy atom. The van der Waals surface area contributed by atoms with Crippen LogP contribution in [0.4, 0.5) is 11.7 Å². The van der Waals surface area contributed by atoms with Crippen molar-refractivity contribution in [2.24, 2.45) is 0 Å². The molecule has 0 amide bonds. The third-order valence-electron chi connectivity index (χ3n) is 7.14. The van der Waals surface area contributed by atoms with Crippen molar-refractivity contribution in [3.8, 4) is 0 Å². The number of aliphatic hydroxyl groups excluding tert-OH is 1. The first-order valence-electron chi connectivity index (χ1n) is 12.5. The van der Waals surface area contributed by atoms with Crippen LogP contribution in [0.5, 0.6) is 0 Å². The van der Waals surface area contributed by atoms with Crippen LogP contribution in [0.3, 0.4) is 0 Å². The minimum Gasteiger partial charge on any atom is -0.406 e. The number of rotatable bonds is 9. The molecular weight excluding hydrogens is 432 g/mol. The van der Waals surface area contributed by atoms with Gasteiger partial charge in [0.05, 0.1) is 18.9 Å². The summed E-state index contributed by atoms with van der Waals surface area (Å²) < 4.78 is 11.8. The zero-order valence-corrected chi connectivity index (χ0v) is 21.2. The van der Waals surface area contributed by atoms with E-state index in [0.29, 0.717) is 37.2 Å². The van der Waals surface area contributed by atoms with Crippen molar-refractivity contribution in [1.82, 2.24) is 25.3 Å². The molecule has 1 aromatic carbocycles. The van der Waals surface area contributed by atoms with Crippen LogP contribution in [-0.4, -0.2) is 76.3 Å². The highest BCUT2D eigenvalue weighted by Crippen LogP contribution is 2.28. The van der Waals surface area contributed by atoms with Gasteiger partial charge in [-0.1, -0.05) is 18.1 Å². The summed E-state index contributed by atoms with van der Waals surface area (Å²) in [6, 6.07) is 4.88. The third-order valence-corrected chi connectivity index (χ3v) is 7.14.